The van der Waals surface area contributed by atoms with E-state index in [2.05, 4.69) is 10.4 Å². The van der Waals surface area contributed by atoms with Gasteiger partial charge in [0.2, 0.25) is 5.82 Å². The van der Waals surface area contributed by atoms with Gasteiger partial charge in [0, 0.05) is 13.6 Å². The van der Waals surface area contributed by atoms with Crippen molar-refractivity contribution in [2.75, 3.05) is 18.4 Å². The predicted molar refractivity (Wildman–Crippen MR) is 66.0 cm³/mol. The fraction of sp³-hybridized carbons (Fsp3) is 0.700. The molecule has 0 bridgehead atoms. The van der Waals surface area contributed by atoms with E-state index < -0.39 is 0 Å². The van der Waals surface area contributed by atoms with Gasteiger partial charge in [0.15, 0.2) is 0 Å². The van der Waals surface area contributed by atoms with E-state index in [9.17, 15) is 10.1 Å². The molecule has 7 heteroatoms. The molecule has 3 N–H and O–H groups in total. The van der Waals surface area contributed by atoms with Crippen LogP contribution in [0.3, 0.4) is 0 Å². The van der Waals surface area contributed by atoms with Crippen molar-refractivity contribution in [2.45, 2.75) is 26.2 Å². The second kappa shape index (κ2) is 6.19. The van der Waals surface area contributed by atoms with Crippen LogP contribution in [0.25, 0.3) is 0 Å². The lowest BCUT2D eigenvalue weighted by atomic mass is 10.2. The van der Waals surface area contributed by atoms with Crippen LogP contribution in [-0.2, 0) is 13.5 Å². The first-order chi connectivity index (χ1) is 8.11. The van der Waals surface area contributed by atoms with E-state index in [1.54, 1.807) is 7.05 Å². The molecule has 1 heterocycles. The Morgan fingerprint density at radius 3 is 2.82 bits per heavy atom. The Hall–Kier alpha value is -1.63. The zero-order valence-corrected chi connectivity index (χ0v) is 10.3. The fourth-order valence-corrected chi connectivity index (χ4v) is 1.67. The Bertz CT molecular complexity index is 388. The van der Waals surface area contributed by atoms with Crippen molar-refractivity contribution < 1.29 is 4.92 Å². The van der Waals surface area contributed by atoms with E-state index in [0.29, 0.717) is 31.0 Å². The molecule has 0 atom stereocenters. The predicted octanol–water partition coefficient (Wildman–Crippen LogP) is 1.04. The first-order valence-corrected chi connectivity index (χ1v) is 5.76. The van der Waals surface area contributed by atoms with Crippen molar-refractivity contribution in [2.24, 2.45) is 12.8 Å². The highest BCUT2D eigenvalue weighted by Crippen LogP contribution is 2.28. The monoisotopic (exact) mass is 241 g/mol. The van der Waals surface area contributed by atoms with Crippen LogP contribution in [0.1, 0.15) is 25.5 Å². The van der Waals surface area contributed by atoms with Crippen LogP contribution in [0.2, 0.25) is 0 Å². The molecule has 0 spiro atoms. The lowest BCUT2D eigenvalue weighted by Gasteiger charge is -2.04. The molecule has 0 fully saturated rings. The number of nitrogens with one attached hydrogen (secondary N) is 1. The van der Waals surface area contributed by atoms with Gasteiger partial charge in [0.05, 0.1) is 4.92 Å². The van der Waals surface area contributed by atoms with E-state index in [1.165, 1.54) is 4.68 Å². The van der Waals surface area contributed by atoms with Gasteiger partial charge >= 0.3 is 5.69 Å². The van der Waals surface area contributed by atoms with Gasteiger partial charge in [-0.3, -0.25) is 10.1 Å². The van der Waals surface area contributed by atoms with Crippen LogP contribution >= 0.6 is 0 Å². The Balaban J connectivity index is 2.96. The lowest BCUT2D eigenvalue weighted by Crippen LogP contribution is -2.11. The van der Waals surface area contributed by atoms with Crippen LogP contribution < -0.4 is 11.1 Å². The van der Waals surface area contributed by atoms with Crippen LogP contribution in [0, 0.1) is 10.1 Å². The minimum atomic E-state index is -0.372. The highest BCUT2D eigenvalue weighted by atomic mass is 16.6. The van der Waals surface area contributed by atoms with Gasteiger partial charge in [-0.15, -0.1) is 0 Å². The summed E-state index contributed by atoms with van der Waals surface area (Å²) in [6, 6.07) is 0. The maximum absolute atomic E-state index is 11.1. The molecule has 1 aromatic rings. The quantitative estimate of drug-likeness (QED) is 0.422. The first kappa shape index (κ1) is 13.4. The van der Waals surface area contributed by atoms with E-state index in [0.717, 1.165) is 12.8 Å². The number of aryl methyl sites for hydroxylation is 2. The van der Waals surface area contributed by atoms with Crippen molar-refractivity contribution in [3.8, 4) is 0 Å². The normalized spacial score (nSPS) is 10.5. The third-order valence-corrected chi connectivity index (χ3v) is 2.43. The van der Waals surface area contributed by atoms with Crippen LogP contribution in [0.4, 0.5) is 11.5 Å². The summed E-state index contributed by atoms with van der Waals surface area (Å²) in [6.07, 6.45) is 2.22. The molecule has 0 aromatic carbocycles. The van der Waals surface area contributed by atoms with Crippen LogP contribution in [-0.4, -0.2) is 27.8 Å². The summed E-state index contributed by atoms with van der Waals surface area (Å²) in [4.78, 5) is 10.7. The van der Waals surface area contributed by atoms with E-state index in [1.807, 2.05) is 6.92 Å². The molecule has 0 aliphatic rings. The number of hydrogen-bond acceptors (Lipinski definition) is 5. The van der Waals surface area contributed by atoms with Crippen molar-refractivity contribution in [1.82, 2.24) is 9.78 Å². The zero-order valence-electron chi connectivity index (χ0n) is 10.3. The summed E-state index contributed by atoms with van der Waals surface area (Å²) in [7, 11) is 1.71. The molecule has 0 aliphatic heterocycles. The van der Waals surface area contributed by atoms with Gasteiger partial charge in [-0.05, 0) is 19.4 Å². The van der Waals surface area contributed by atoms with Crippen molar-refractivity contribution in [3.05, 3.63) is 15.8 Å². The highest BCUT2D eigenvalue weighted by molar-refractivity contribution is 5.59. The third kappa shape index (κ3) is 3.16. The van der Waals surface area contributed by atoms with Crippen molar-refractivity contribution in [1.29, 1.82) is 0 Å². The Labute approximate surface area is 100 Å². The molecule has 1 aromatic heterocycles. The zero-order chi connectivity index (χ0) is 12.8. The molecule has 1 rings (SSSR count). The van der Waals surface area contributed by atoms with E-state index in [-0.39, 0.29) is 10.6 Å². The number of nitro groups is 1. The number of anilines is 1. The Morgan fingerprint density at radius 2 is 2.29 bits per heavy atom. The van der Waals surface area contributed by atoms with E-state index >= 15 is 0 Å². The van der Waals surface area contributed by atoms with Gasteiger partial charge < -0.3 is 11.1 Å². The van der Waals surface area contributed by atoms with Crippen molar-refractivity contribution >= 4 is 11.5 Å². The summed E-state index contributed by atoms with van der Waals surface area (Å²) >= 11 is 0. The molecule has 0 radical (unpaired) electrons. The van der Waals surface area contributed by atoms with Gasteiger partial charge in [0.1, 0.15) is 5.69 Å². The largest absolute Gasteiger partial charge is 0.364 e. The lowest BCUT2D eigenvalue weighted by molar-refractivity contribution is -0.384. The second-order valence-corrected chi connectivity index (χ2v) is 3.84. The van der Waals surface area contributed by atoms with Crippen LogP contribution in [0.15, 0.2) is 0 Å². The fourth-order valence-electron chi connectivity index (χ4n) is 1.67. The molecule has 0 saturated heterocycles. The second-order valence-electron chi connectivity index (χ2n) is 3.84. The molecular formula is C10H19N5O2. The number of aromatic nitrogens is 2. The molecule has 0 unspecified atom stereocenters. The maximum Gasteiger partial charge on any atom is 0.333 e. The summed E-state index contributed by atoms with van der Waals surface area (Å²) in [5, 5.41) is 18.3. The summed E-state index contributed by atoms with van der Waals surface area (Å²) < 4.78 is 1.53. The number of hydrogen-bond donors (Lipinski definition) is 2. The standard InChI is InChI=1S/C10H19N5O2/c1-3-5-8-9(15(16)17)10(14(2)13-8)12-7-4-6-11/h12H,3-7,11H2,1-2H3. The molecule has 17 heavy (non-hydrogen) atoms. The van der Waals surface area contributed by atoms with Gasteiger partial charge in [-0.25, -0.2) is 4.68 Å². The number of nitrogens with zero attached hydrogens (tertiary/aromatic N) is 3. The molecule has 0 aliphatic carbocycles. The minimum Gasteiger partial charge on any atom is -0.364 e. The first-order valence-electron chi connectivity index (χ1n) is 5.76. The SMILES string of the molecule is CCCc1nn(C)c(NCCCN)c1[N+](=O)[O-]. The smallest absolute Gasteiger partial charge is 0.333 e. The van der Waals surface area contributed by atoms with Gasteiger partial charge in [0.25, 0.3) is 0 Å². The molecule has 0 amide bonds. The van der Waals surface area contributed by atoms with E-state index in [4.69, 9.17) is 5.73 Å². The summed E-state index contributed by atoms with van der Waals surface area (Å²) in [5.74, 6) is 0.465. The highest BCUT2D eigenvalue weighted by Gasteiger charge is 2.25. The Morgan fingerprint density at radius 1 is 1.59 bits per heavy atom. The summed E-state index contributed by atoms with van der Waals surface area (Å²) in [6.45, 7) is 3.14. The Kier molecular flexibility index (Phi) is 4.89. The summed E-state index contributed by atoms with van der Waals surface area (Å²) in [5.41, 5.74) is 6.01. The topological polar surface area (TPSA) is 99.0 Å². The molecule has 0 saturated carbocycles. The molecular weight excluding hydrogens is 222 g/mol. The van der Waals surface area contributed by atoms with Crippen LogP contribution in [0.5, 0.6) is 0 Å². The van der Waals surface area contributed by atoms with Crippen molar-refractivity contribution in [3.63, 3.8) is 0 Å². The van der Waals surface area contributed by atoms with Gasteiger partial charge in [-0.1, -0.05) is 13.3 Å². The third-order valence-electron chi connectivity index (χ3n) is 2.43. The molecule has 96 valence electrons. The molecule has 7 nitrogen and oxygen atoms in total. The average molecular weight is 241 g/mol. The number of nitrogens with two attached hydrogens (primary N) is 1. The maximum atomic E-state index is 11.1. The average Bonchev–Trinajstić information content (AvgIpc) is 2.56. The van der Waals surface area contributed by atoms with Gasteiger partial charge in [-0.2, -0.15) is 5.10 Å². The minimum absolute atomic E-state index is 0.0892. The number of rotatable bonds is 7.